The normalized spacial score (nSPS) is 10.7. The molecular weight excluding hydrogens is 371 g/mol. The third-order valence-corrected chi connectivity index (χ3v) is 4.23. The van der Waals surface area contributed by atoms with Gasteiger partial charge in [-0.15, -0.1) is 0 Å². The molecule has 29 heavy (non-hydrogen) atoms. The maximum absolute atomic E-state index is 12.9. The molecule has 1 N–H and O–H groups in total. The molecule has 0 aliphatic rings. The van der Waals surface area contributed by atoms with Crippen molar-refractivity contribution in [3.63, 3.8) is 0 Å². The zero-order chi connectivity index (χ0) is 20.5. The lowest BCUT2D eigenvalue weighted by molar-refractivity contribution is 0.306. The number of rotatable bonds is 9. The zero-order valence-corrected chi connectivity index (χ0v) is 16.4. The summed E-state index contributed by atoms with van der Waals surface area (Å²) in [5.74, 6) is 1.87. The Morgan fingerprint density at radius 1 is 0.862 bits per heavy atom. The molecule has 3 aromatic carbocycles. The van der Waals surface area contributed by atoms with E-state index in [0.29, 0.717) is 24.7 Å². The van der Waals surface area contributed by atoms with Gasteiger partial charge in [-0.2, -0.15) is 5.10 Å². The number of methoxy groups -OCH3 is 2. The highest BCUT2D eigenvalue weighted by atomic mass is 19.1. The topological polar surface area (TPSA) is 52.1 Å². The Bertz CT molecular complexity index is 941. The van der Waals surface area contributed by atoms with Crippen LogP contribution in [0, 0.1) is 5.82 Å². The maximum Gasteiger partial charge on any atom is 0.161 e. The molecule has 0 aromatic heterocycles. The smallest absolute Gasteiger partial charge is 0.161 e. The second-order valence-corrected chi connectivity index (χ2v) is 6.27. The second-order valence-electron chi connectivity index (χ2n) is 6.27. The Morgan fingerprint density at radius 3 is 2.24 bits per heavy atom. The Morgan fingerprint density at radius 2 is 1.55 bits per heavy atom. The molecule has 5 nitrogen and oxygen atoms in total. The summed E-state index contributed by atoms with van der Waals surface area (Å²) in [6.45, 7) is 0.955. The molecule has 150 valence electrons. The minimum absolute atomic E-state index is 0.253. The van der Waals surface area contributed by atoms with E-state index in [1.165, 1.54) is 12.1 Å². The summed E-state index contributed by atoms with van der Waals surface area (Å²) in [5, 5.41) is 4.24. The van der Waals surface area contributed by atoms with E-state index in [0.717, 1.165) is 22.4 Å². The fraction of sp³-hybridized carbons (Fsp3) is 0.174. The quantitative estimate of drug-likeness (QED) is 0.427. The first-order valence-corrected chi connectivity index (χ1v) is 9.12. The highest BCUT2D eigenvalue weighted by Gasteiger charge is 2.03. The van der Waals surface area contributed by atoms with E-state index in [4.69, 9.17) is 14.2 Å². The van der Waals surface area contributed by atoms with Gasteiger partial charge in [0.2, 0.25) is 0 Å². The van der Waals surface area contributed by atoms with E-state index in [1.54, 1.807) is 32.6 Å². The standard InChI is InChI=1S/C23H23FN2O3/c1-27-22-12-7-19(13-23(22)28-2)15-26-25-14-17-5-10-21(11-6-17)29-16-18-3-8-20(24)9-4-18/h3-14,26H,15-16H2,1-2H3/b25-14-. The molecule has 0 spiro atoms. The maximum atomic E-state index is 12.9. The molecule has 0 amide bonds. The van der Waals surface area contributed by atoms with Gasteiger partial charge in [-0.3, -0.25) is 0 Å². The summed E-state index contributed by atoms with van der Waals surface area (Å²) in [7, 11) is 3.22. The number of halogens is 1. The fourth-order valence-electron chi connectivity index (χ4n) is 2.65. The predicted molar refractivity (Wildman–Crippen MR) is 111 cm³/mol. The number of nitrogens with one attached hydrogen (secondary N) is 1. The zero-order valence-electron chi connectivity index (χ0n) is 16.4. The summed E-state index contributed by atoms with van der Waals surface area (Å²) >= 11 is 0. The van der Waals surface area contributed by atoms with E-state index in [2.05, 4.69) is 10.5 Å². The van der Waals surface area contributed by atoms with Gasteiger partial charge in [-0.1, -0.05) is 18.2 Å². The lowest BCUT2D eigenvalue weighted by Crippen LogP contribution is -2.06. The van der Waals surface area contributed by atoms with E-state index in [-0.39, 0.29) is 5.82 Å². The van der Waals surface area contributed by atoms with Gasteiger partial charge in [0.1, 0.15) is 18.2 Å². The van der Waals surface area contributed by atoms with E-state index < -0.39 is 0 Å². The number of nitrogens with zero attached hydrogens (tertiary/aromatic N) is 1. The van der Waals surface area contributed by atoms with Crippen LogP contribution in [0.25, 0.3) is 0 Å². The van der Waals surface area contributed by atoms with Crippen molar-refractivity contribution in [2.24, 2.45) is 5.10 Å². The van der Waals surface area contributed by atoms with E-state index >= 15 is 0 Å². The highest BCUT2D eigenvalue weighted by Crippen LogP contribution is 2.27. The Labute approximate surface area is 169 Å². The summed E-state index contributed by atoms with van der Waals surface area (Å²) in [5.41, 5.74) is 5.90. The molecule has 0 heterocycles. The van der Waals surface area contributed by atoms with Gasteiger partial charge in [0.25, 0.3) is 0 Å². The van der Waals surface area contributed by atoms with Crippen molar-refractivity contribution in [2.45, 2.75) is 13.2 Å². The second kappa shape index (κ2) is 10.1. The van der Waals surface area contributed by atoms with Crippen LogP contribution in [0.15, 0.2) is 71.8 Å². The van der Waals surface area contributed by atoms with Crippen LogP contribution in [-0.2, 0) is 13.2 Å². The molecule has 3 rings (SSSR count). The number of hydrogen-bond acceptors (Lipinski definition) is 5. The number of ether oxygens (including phenoxy) is 3. The largest absolute Gasteiger partial charge is 0.493 e. The lowest BCUT2D eigenvalue weighted by atomic mass is 10.2. The van der Waals surface area contributed by atoms with Gasteiger partial charge in [0.15, 0.2) is 11.5 Å². The minimum atomic E-state index is -0.253. The Hall–Kier alpha value is -3.54. The highest BCUT2D eigenvalue weighted by molar-refractivity contribution is 5.79. The number of benzene rings is 3. The van der Waals surface area contributed by atoms with Crippen LogP contribution in [-0.4, -0.2) is 20.4 Å². The SMILES string of the molecule is COc1ccc(CN/N=C\c2ccc(OCc3ccc(F)cc3)cc2)cc1OC. The van der Waals surface area contributed by atoms with Crippen molar-refractivity contribution in [2.75, 3.05) is 14.2 Å². The number of hydrazone groups is 1. The molecule has 0 aliphatic carbocycles. The minimum Gasteiger partial charge on any atom is -0.493 e. The van der Waals surface area contributed by atoms with Gasteiger partial charge in [-0.05, 0) is 65.2 Å². The van der Waals surface area contributed by atoms with Gasteiger partial charge in [-0.25, -0.2) is 4.39 Å². The number of hydrogen-bond donors (Lipinski definition) is 1. The van der Waals surface area contributed by atoms with Gasteiger partial charge in [0, 0.05) is 0 Å². The molecule has 0 unspecified atom stereocenters. The van der Waals surface area contributed by atoms with Gasteiger partial charge in [0.05, 0.1) is 27.0 Å². The van der Waals surface area contributed by atoms with Crippen molar-refractivity contribution in [1.82, 2.24) is 5.43 Å². The van der Waals surface area contributed by atoms with Crippen LogP contribution in [0.1, 0.15) is 16.7 Å². The fourth-order valence-corrected chi connectivity index (χ4v) is 2.65. The van der Waals surface area contributed by atoms with Crippen molar-refractivity contribution >= 4 is 6.21 Å². The molecule has 0 aliphatic heterocycles. The first-order chi connectivity index (χ1) is 14.2. The van der Waals surface area contributed by atoms with Crippen molar-refractivity contribution in [3.8, 4) is 17.2 Å². The van der Waals surface area contributed by atoms with Crippen molar-refractivity contribution in [3.05, 3.63) is 89.2 Å². The summed E-state index contributed by atoms with van der Waals surface area (Å²) in [6.07, 6.45) is 1.74. The van der Waals surface area contributed by atoms with Crippen LogP contribution in [0.2, 0.25) is 0 Å². The van der Waals surface area contributed by atoms with Crippen molar-refractivity contribution < 1.29 is 18.6 Å². The summed E-state index contributed by atoms with van der Waals surface area (Å²) < 4.78 is 29.1. The van der Waals surface area contributed by atoms with Gasteiger partial charge >= 0.3 is 0 Å². The predicted octanol–water partition coefficient (Wildman–Crippen LogP) is 4.55. The first kappa shape index (κ1) is 20.2. The molecule has 3 aromatic rings. The lowest BCUT2D eigenvalue weighted by Gasteiger charge is -2.09. The first-order valence-electron chi connectivity index (χ1n) is 9.12. The molecule has 0 saturated carbocycles. The molecular formula is C23H23FN2O3. The average Bonchev–Trinajstić information content (AvgIpc) is 2.77. The van der Waals surface area contributed by atoms with Gasteiger partial charge < -0.3 is 19.6 Å². The molecule has 0 fully saturated rings. The molecule has 0 radical (unpaired) electrons. The molecule has 0 saturated heterocycles. The molecule has 6 heteroatoms. The van der Waals surface area contributed by atoms with Crippen LogP contribution < -0.4 is 19.6 Å². The van der Waals surface area contributed by atoms with Crippen LogP contribution >= 0.6 is 0 Å². The summed E-state index contributed by atoms with van der Waals surface area (Å²) in [4.78, 5) is 0. The van der Waals surface area contributed by atoms with Crippen LogP contribution in [0.4, 0.5) is 4.39 Å². The monoisotopic (exact) mass is 394 g/mol. The average molecular weight is 394 g/mol. The molecule has 0 atom stereocenters. The van der Waals surface area contributed by atoms with Crippen molar-refractivity contribution in [1.29, 1.82) is 0 Å². The van der Waals surface area contributed by atoms with E-state index in [1.807, 2.05) is 42.5 Å². The third-order valence-electron chi connectivity index (χ3n) is 4.23. The Balaban J connectivity index is 1.48. The Kier molecular flexibility index (Phi) is 7.05. The van der Waals surface area contributed by atoms with Crippen LogP contribution in [0.5, 0.6) is 17.2 Å². The third kappa shape index (κ3) is 5.97. The summed E-state index contributed by atoms with van der Waals surface area (Å²) in [6, 6.07) is 19.6. The molecule has 0 bridgehead atoms. The van der Waals surface area contributed by atoms with E-state index in [9.17, 15) is 4.39 Å². The van der Waals surface area contributed by atoms with Crippen LogP contribution in [0.3, 0.4) is 0 Å².